The van der Waals surface area contributed by atoms with E-state index < -0.39 is 5.41 Å². The summed E-state index contributed by atoms with van der Waals surface area (Å²) in [5.41, 5.74) is -0.780. The van der Waals surface area contributed by atoms with Crippen LogP contribution in [0, 0.1) is 16.7 Å². The number of amides is 3. The highest BCUT2D eigenvalue weighted by Gasteiger charge is 2.51. The van der Waals surface area contributed by atoms with Gasteiger partial charge in [0.05, 0.1) is 5.41 Å². The number of piperidine rings is 1. The minimum Gasteiger partial charge on any atom is -0.342 e. The summed E-state index contributed by atoms with van der Waals surface area (Å²) in [4.78, 5) is 41.5. The van der Waals surface area contributed by atoms with E-state index in [0.717, 1.165) is 45.1 Å². The highest BCUT2D eigenvalue weighted by molar-refractivity contribution is 6.06. The first-order chi connectivity index (χ1) is 11.7. The molecule has 0 aromatic rings. The Bertz CT molecular complexity index is 558. The summed E-state index contributed by atoms with van der Waals surface area (Å²) in [6, 6.07) is 0. The third kappa shape index (κ3) is 3.61. The maximum atomic E-state index is 13.0. The Kier molecular flexibility index (Phi) is 4.95. The van der Waals surface area contributed by atoms with Crippen LogP contribution < -0.4 is 0 Å². The number of nitrogens with zero attached hydrogens (tertiary/aromatic N) is 2. The lowest BCUT2D eigenvalue weighted by Gasteiger charge is -2.38. The van der Waals surface area contributed by atoms with Crippen molar-refractivity contribution >= 4 is 17.7 Å². The summed E-state index contributed by atoms with van der Waals surface area (Å²) in [5, 5.41) is 0. The van der Waals surface area contributed by atoms with Crippen molar-refractivity contribution in [1.29, 1.82) is 0 Å². The summed E-state index contributed by atoms with van der Waals surface area (Å²) in [7, 11) is 0. The molecule has 1 unspecified atom stereocenters. The van der Waals surface area contributed by atoms with Gasteiger partial charge in [-0.2, -0.15) is 0 Å². The van der Waals surface area contributed by atoms with Crippen LogP contribution in [0.3, 0.4) is 0 Å². The zero-order valence-electron chi connectivity index (χ0n) is 16.0. The quantitative estimate of drug-likeness (QED) is 0.721. The van der Waals surface area contributed by atoms with E-state index in [4.69, 9.17) is 0 Å². The molecule has 2 aliphatic heterocycles. The standard InChI is InChI=1S/C20H32N2O3/c1-19(2,3)17(24)21-11-7-8-15(13-21)14-22-16(23)12-20(18(22)25)9-5-4-6-10-20/h15H,4-14H2,1-3H3. The molecule has 0 aromatic heterocycles. The van der Waals surface area contributed by atoms with Gasteiger partial charge in [0.25, 0.3) is 0 Å². The summed E-state index contributed by atoms with van der Waals surface area (Å²) >= 11 is 0. The number of imide groups is 1. The fraction of sp³-hybridized carbons (Fsp3) is 0.850. The zero-order valence-corrected chi connectivity index (χ0v) is 16.0. The van der Waals surface area contributed by atoms with Gasteiger partial charge in [-0.15, -0.1) is 0 Å². The molecular weight excluding hydrogens is 316 g/mol. The van der Waals surface area contributed by atoms with Gasteiger partial charge in [-0.25, -0.2) is 0 Å². The Hall–Kier alpha value is -1.39. The molecule has 2 saturated heterocycles. The van der Waals surface area contributed by atoms with E-state index in [9.17, 15) is 14.4 Å². The predicted molar refractivity (Wildman–Crippen MR) is 95.6 cm³/mol. The summed E-state index contributed by atoms with van der Waals surface area (Å²) in [6.45, 7) is 7.78. The van der Waals surface area contributed by atoms with Gasteiger partial charge in [-0.3, -0.25) is 19.3 Å². The Labute approximate surface area is 151 Å². The van der Waals surface area contributed by atoms with Gasteiger partial charge in [0, 0.05) is 31.5 Å². The molecule has 5 heteroatoms. The minimum atomic E-state index is -0.398. The van der Waals surface area contributed by atoms with Crippen LogP contribution in [0.25, 0.3) is 0 Å². The van der Waals surface area contributed by atoms with E-state index in [1.54, 1.807) is 0 Å². The molecule has 5 nitrogen and oxygen atoms in total. The van der Waals surface area contributed by atoms with Crippen molar-refractivity contribution in [2.75, 3.05) is 19.6 Å². The smallest absolute Gasteiger partial charge is 0.235 e. The Morgan fingerprint density at radius 2 is 1.80 bits per heavy atom. The molecule has 3 aliphatic rings. The van der Waals surface area contributed by atoms with Gasteiger partial charge >= 0.3 is 0 Å². The molecule has 1 spiro atoms. The third-order valence-corrected chi connectivity index (χ3v) is 6.19. The Balaban J connectivity index is 1.65. The number of carbonyl (C=O) groups is 3. The van der Waals surface area contributed by atoms with Gasteiger partial charge in [-0.05, 0) is 31.6 Å². The van der Waals surface area contributed by atoms with Gasteiger partial charge in [0.1, 0.15) is 0 Å². The fourth-order valence-electron chi connectivity index (χ4n) is 4.80. The zero-order chi connectivity index (χ0) is 18.2. The van der Waals surface area contributed by atoms with Crippen molar-refractivity contribution in [1.82, 2.24) is 9.80 Å². The van der Waals surface area contributed by atoms with Gasteiger partial charge in [0.2, 0.25) is 17.7 Å². The lowest BCUT2D eigenvalue weighted by molar-refractivity contribution is -0.144. The molecule has 0 radical (unpaired) electrons. The second-order valence-electron chi connectivity index (χ2n) is 9.34. The molecule has 2 heterocycles. The number of hydrogen-bond acceptors (Lipinski definition) is 3. The molecule has 3 amide bonds. The topological polar surface area (TPSA) is 57.7 Å². The van der Waals surface area contributed by atoms with Crippen molar-refractivity contribution in [3.8, 4) is 0 Å². The van der Waals surface area contributed by atoms with E-state index in [-0.39, 0.29) is 29.1 Å². The molecule has 0 aromatic carbocycles. The minimum absolute atomic E-state index is 0.00571. The van der Waals surface area contributed by atoms with Crippen molar-refractivity contribution < 1.29 is 14.4 Å². The van der Waals surface area contributed by atoms with Gasteiger partial charge in [0.15, 0.2) is 0 Å². The van der Waals surface area contributed by atoms with E-state index >= 15 is 0 Å². The summed E-state index contributed by atoms with van der Waals surface area (Å²) in [6.07, 6.45) is 7.37. The average molecular weight is 348 g/mol. The summed E-state index contributed by atoms with van der Waals surface area (Å²) in [5.74, 6) is 0.453. The number of rotatable bonds is 2. The van der Waals surface area contributed by atoms with Crippen molar-refractivity contribution in [3.63, 3.8) is 0 Å². The fourth-order valence-corrected chi connectivity index (χ4v) is 4.80. The molecule has 1 atom stereocenters. The molecular formula is C20H32N2O3. The van der Waals surface area contributed by atoms with Crippen LogP contribution >= 0.6 is 0 Å². The Morgan fingerprint density at radius 3 is 2.44 bits per heavy atom. The number of hydrogen-bond donors (Lipinski definition) is 0. The molecule has 140 valence electrons. The molecule has 3 fully saturated rings. The maximum Gasteiger partial charge on any atom is 0.235 e. The van der Waals surface area contributed by atoms with Crippen LogP contribution in [0.15, 0.2) is 0 Å². The average Bonchev–Trinajstić information content (AvgIpc) is 2.78. The lowest BCUT2D eigenvalue weighted by Crippen LogP contribution is -2.48. The first kappa shape index (κ1) is 18.4. The molecule has 25 heavy (non-hydrogen) atoms. The second kappa shape index (κ2) is 6.73. The lowest BCUT2D eigenvalue weighted by atomic mass is 9.73. The monoisotopic (exact) mass is 348 g/mol. The molecule has 3 rings (SSSR count). The Morgan fingerprint density at radius 1 is 1.12 bits per heavy atom. The van der Waals surface area contributed by atoms with Crippen LogP contribution in [-0.4, -0.2) is 47.2 Å². The molecule has 1 saturated carbocycles. The van der Waals surface area contributed by atoms with Crippen molar-refractivity contribution in [3.05, 3.63) is 0 Å². The third-order valence-electron chi connectivity index (χ3n) is 6.19. The highest BCUT2D eigenvalue weighted by Crippen LogP contribution is 2.45. The van der Waals surface area contributed by atoms with Crippen molar-refractivity contribution in [2.24, 2.45) is 16.7 Å². The predicted octanol–water partition coefficient (Wildman–Crippen LogP) is 2.98. The molecule has 1 aliphatic carbocycles. The first-order valence-corrected chi connectivity index (χ1v) is 9.87. The second-order valence-corrected chi connectivity index (χ2v) is 9.34. The maximum absolute atomic E-state index is 13.0. The number of likely N-dealkylation sites (tertiary alicyclic amines) is 2. The molecule has 0 N–H and O–H groups in total. The van der Waals surface area contributed by atoms with Crippen LogP contribution in [0.4, 0.5) is 0 Å². The van der Waals surface area contributed by atoms with Crippen LogP contribution in [0.2, 0.25) is 0 Å². The van der Waals surface area contributed by atoms with Crippen LogP contribution in [0.1, 0.15) is 72.1 Å². The van der Waals surface area contributed by atoms with Crippen LogP contribution in [0.5, 0.6) is 0 Å². The number of carbonyl (C=O) groups excluding carboxylic acids is 3. The van der Waals surface area contributed by atoms with Gasteiger partial charge < -0.3 is 4.90 Å². The largest absolute Gasteiger partial charge is 0.342 e. The summed E-state index contributed by atoms with van der Waals surface area (Å²) < 4.78 is 0. The van der Waals surface area contributed by atoms with Crippen molar-refractivity contribution in [2.45, 2.75) is 72.1 Å². The van der Waals surface area contributed by atoms with E-state index in [1.165, 1.54) is 11.3 Å². The van der Waals surface area contributed by atoms with Crippen LogP contribution in [-0.2, 0) is 14.4 Å². The van der Waals surface area contributed by atoms with E-state index in [2.05, 4.69) is 0 Å². The normalized spacial score (nSPS) is 27.2. The van der Waals surface area contributed by atoms with E-state index in [1.807, 2.05) is 25.7 Å². The SMILES string of the molecule is CC(C)(C)C(=O)N1CCCC(CN2C(=O)CC3(CCCCC3)C2=O)C1. The van der Waals surface area contributed by atoms with Gasteiger partial charge in [-0.1, -0.05) is 40.0 Å². The van der Waals surface area contributed by atoms with E-state index in [0.29, 0.717) is 19.5 Å². The molecule has 0 bridgehead atoms. The highest BCUT2D eigenvalue weighted by atomic mass is 16.2. The first-order valence-electron chi connectivity index (χ1n) is 9.87.